The van der Waals surface area contributed by atoms with Gasteiger partial charge in [0.2, 0.25) is 0 Å². The van der Waals surface area contributed by atoms with Crippen LogP contribution < -0.4 is 31.8 Å². The van der Waals surface area contributed by atoms with Crippen molar-refractivity contribution in [1.29, 1.82) is 0 Å². The van der Waals surface area contributed by atoms with Gasteiger partial charge in [0.25, 0.3) is 0 Å². The van der Waals surface area contributed by atoms with Crippen LogP contribution in [0.1, 0.15) is 0 Å². The molecule has 0 aromatic heterocycles. The Hall–Kier alpha value is 4.18. The fourth-order valence-electron chi connectivity index (χ4n) is 0. The summed E-state index contributed by atoms with van der Waals surface area (Å²) in [4.78, 5) is 0. The molecule has 0 rings (SSSR count). The molecule has 0 aromatic carbocycles. The maximum Gasteiger partial charge on any atom is 0 e. The second-order valence-corrected chi connectivity index (χ2v) is 7.40. The Morgan fingerprint density at radius 3 is 0.318 bits per heavy atom. The Kier molecular flexibility index (Phi) is 82.1. The van der Waals surface area contributed by atoms with Crippen LogP contribution in [-0.4, -0.2) is 0 Å². The molecule has 130 valence electrons. The summed E-state index contributed by atoms with van der Waals surface area (Å²) in [5, 5.41) is 0. The maximum absolute atomic E-state index is 8.61. The van der Waals surface area contributed by atoms with Crippen LogP contribution in [0.5, 0.6) is 0 Å². The fraction of sp³-hybridized carbons (Fsp3) is 0. The molecule has 22 heteroatoms. The molecule has 0 saturated carbocycles. The number of hydrogen-bond donors (Lipinski definition) is 0. The Bertz CT molecular complexity index is 211. The van der Waals surface area contributed by atoms with Crippen LogP contribution in [0.15, 0.2) is 0 Å². The predicted molar refractivity (Wildman–Crippen MR) is 3.43 cm³/mol. The molecule has 0 spiro atoms. The van der Waals surface area contributed by atoms with Gasteiger partial charge < -0.3 is 0 Å². The molecule has 0 bridgehead atoms. The van der Waals surface area contributed by atoms with Gasteiger partial charge in [-0.2, -0.15) is 0 Å². The van der Waals surface area contributed by atoms with Crippen molar-refractivity contribution in [3.63, 3.8) is 0 Å². The Labute approximate surface area is 192 Å². The SMILES string of the molecule is [O]=[Zr]([O-])[O-].[O]=[Zr]([O-])[O-].[O]=[Zr]([O-])[O-].[O]=[Zr]([O-])[O-].[O]=[Zr]([O-])[O-].[V].[V]. The Balaban J connectivity index is -0.0000000250. The van der Waals surface area contributed by atoms with Crippen molar-refractivity contribution in [3.05, 3.63) is 0 Å². The van der Waals surface area contributed by atoms with Crippen LogP contribution in [0.25, 0.3) is 0 Å². The fourth-order valence-corrected chi connectivity index (χ4v) is 0. The molecular formula is O15V2Zr5-10. The molecule has 0 fully saturated rings. The zero-order chi connectivity index (χ0) is 17.9. The van der Waals surface area contributed by atoms with Crippen LogP contribution in [0.2, 0.25) is 0 Å². The first-order chi connectivity index (χ1) is 8.66. The van der Waals surface area contributed by atoms with Crippen molar-refractivity contribution in [2.75, 3.05) is 0 Å². The summed E-state index contributed by atoms with van der Waals surface area (Å²) in [7, 11) is 0. The van der Waals surface area contributed by atoms with Gasteiger partial charge in [0.1, 0.15) is 0 Å². The molecule has 0 aliphatic heterocycles. The van der Waals surface area contributed by atoms with Gasteiger partial charge in [-0.3, -0.25) is 0 Å². The normalized spacial score (nSPS) is 5.91. The monoisotopic (exact) mass is 791 g/mol. The third kappa shape index (κ3) is 742. The van der Waals surface area contributed by atoms with E-state index >= 15 is 0 Å². The summed E-state index contributed by atoms with van der Waals surface area (Å²) in [5.74, 6) is 0. The summed E-state index contributed by atoms with van der Waals surface area (Å²) in [6.07, 6.45) is 0. The summed E-state index contributed by atoms with van der Waals surface area (Å²) in [6, 6.07) is 0. The topological polar surface area (TPSA) is 316 Å². The smallest absolute Gasteiger partial charge is 0 e. The number of hydrogen-bond acceptors (Lipinski definition) is 15. The van der Waals surface area contributed by atoms with E-state index in [2.05, 4.69) is 0 Å². The first-order valence-electron chi connectivity index (χ1n) is 3.06. The third-order valence-corrected chi connectivity index (χ3v) is 0. The first kappa shape index (κ1) is 45.1. The minimum absolute atomic E-state index is 0. The van der Waals surface area contributed by atoms with Crippen LogP contribution >= 0.6 is 0 Å². The quantitative estimate of drug-likeness (QED) is 0.220. The Morgan fingerprint density at radius 1 is 0.318 bits per heavy atom. The van der Waals surface area contributed by atoms with Gasteiger partial charge in [0.05, 0.1) is 0 Å². The summed E-state index contributed by atoms with van der Waals surface area (Å²) >= 11 is -21.5. The average Bonchev–Trinajstić information content (AvgIpc) is 1.94. The molecule has 0 atom stereocenters. The van der Waals surface area contributed by atoms with Crippen molar-refractivity contribution in [2.45, 2.75) is 0 Å². The standard InChI is InChI=1S/15O.2V.5Zr/q;;;;;10*-1;;;;;;;. The minimum Gasteiger partial charge on any atom is 0 e. The molecule has 0 saturated heterocycles. The van der Waals surface area contributed by atoms with Gasteiger partial charge in [-0.1, -0.05) is 0 Å². The van der Waals surface area contributed by atoms with E-state index in [1.165, 1.54) is 0 Å². The van der Waals surface area contributed by atoms with Crippen molar-refractivity contribution < 1.29 is 196 Å². The molecule has 2 radical (unpaired) electrons. The molecule has 0 heterocycles. The van der Waals surface area contributed by atoms with Crippen LogP contribution in [0.3, 0.4) is 0 Å². The van der Waals surface area contributed by atoms with E-state index in [-0.39, 0.29) is 37.1 Å². The van der Waals surface area contributed by atoms with E-state index in [0.29, 0.717) is 0 Å². The van der Waals surface area contributed by atoms with E-state index < -0.39 is 113 Å². The van der Waals surface area contributed by atoms with E-state index in [1.54, 1.807) is 0 Å². The summed E-state index contributed by atoms with van der Waals surface area (Å²) in [6.45, 7) is 0. The average molecular weight is 798 g/mol. The molecule has 0 unspecified atom stereocenters. The zero-order valence-electron chi connectivity index (χ0n) is 9.52. The second-order valence-electron chi connectivity index (χ2n) is 1.25. The van der Waals surface area contributed by atoms with Crippen molar-refractivity contribution in [2.24, 2.45) is 0 Å². The summed E-state index contributed by atoms with van der Waals surface area (Å²) < 4.78 is 129. The predicted octanol–water partition coefficient (Wildman–Crippen LogP) is -12.5. The van der Waals surface area contributed by atoms with Gasteiger partial charge in [0, 0.05) is 37.1 Å². The molecule has 0 amide bonds. The van der Waals surface area contributed by atoms with Gasteiger partial charge in [-0.05, 0) is 0 Å². The van der Waals surface area contributed by atoms with Gasteiger partial charge in [-0.25, -0.2) is 0 Å². The molecule has 0 aliphatic rings. The van der Waals surface area contributed by atoms with Gasteiger partial charge >= 0.3 is 159 Å². The van der Waals surface area contributed by atoms with Crippen molar-refractivity contribution in [1.82, 2.24) is 0 Å². The first-order valence-corrected chi connectivity index (χ1v) is 18.1. The van der Waals surface area contributed by atoms with Crippen molar-refractivity contribution >= 4 is 0 Å². The van der Waals surface area contributed by atoms with E-state index in [1.807, 2.05) is 0 Å². The molecule has 0 aromatic rings. The zero-order valence-corrected chi connectivity index (χ0v) is 24.6. The maximum atomic E-state index is 8.61. The summed E-state index contributed by atoms with van der Waals surface area (Å²) in [5.41, 5.74) is 0. The molecule has 0 aliphatic carbocycles. The van der Waals surface area contributed by atoms with Gasteiger partial charge in [0.15, 0.2) is 0 Å². The van der Waals surface area contributed by atoms with Gasteiger partial charge in [-0.15, -0.1) is 0 Å². The van der Waals surface area contributed by atoms with E-state index in [9.17, 15) is 0 Å². The van der Waals surface area contributed by atoms with Crippen LogP contribution in [0, 0.1) is 0 Å². The van der Waals surface area contributed by atoms with E-state index in [0.717, 1.165) is 0 Å². The van der Waals surface area contributed by atoms with Crippen LogP contribution in [-0.2, 0) is 164 Å². The molecule has 15 nitrogen and oxygen atoms in total. The van der Waals surface area contributed by atoms with E-state index in [4.69, 9.17) is 45.9 Å². The third-order valence-electron chi connectivity index (χ3n) is 0. The molecule has 0 N–H and O–H groups in total. The Morgan fingerprint density at radius 2 is 0.318 bits per heavy atom. The molecule has 22 heavy (non-hydrogen) atoms. The minimum atomic E-state index is -4.29. The van der Waals surface area contributed by atoms with Crippen LogP contribution in [0.4, 0.5) is 0 Å². The largest absolute Gasteiger partial charge is 0 e. The second kappa shape index (κ2) is 40.0. The number of rotatable bonds is 0. The molecular weight excluding hydrogens is 798 g/mol. The van der Waals surface area contributed by atoms with Crippen molar-refractivity contribution in [3.8, 4) is 0 Å².